The lowest BCUT2D eigenvalue weighted by atomic mass is 10.0. The third-order valence-electron chi connectivity index (χ3n) is 2.78. The highest BCUT2D eigenvalue weighted by Gasteiger charge is 2.32. The summed E-state index contributed by atoms with van der Waals surface area (Å²) in [5.74, 6) is 0.348. The zero-order chi connectivity index (χ0) is 14.0. The standard InChI is InChI=1S/C14H17N3O2/c1-16(2)13(17(3)4)11-12(15-19-14(11)18)10-8-6-5-7-9-10/h5-9H,1-4H3. The van der Waals surface area contributed by atoms with Crippen LogP contribution in [0.3, 0.4) is 0 Å². The van der Waals surface area contributed by atoms with Crippen molar-refractivity contribution in [3.63, 3.8) is 0 Å². The van der Waals surface area contributed by atoms with Gasteiger partial charge in [-0.15, -0.1) is 0 Å². The fourth-order valence-electron chi connectivity index (χ4n) is 2.11. The van der Waals surface area contributed by atoms with Crippen molar-refractivity contribution in [1.29, 1.82) is 0 Å². The van der Waals surface area contributed by atoms with Crippen LogP contribution in [0.4, 0.5) is 0 Å². The van der Waals surface area contributed by atoms with Crippen LogP contribution >= 0.6 is 0 Å². The summed E-state index contributed by atoms with van der Waals surface area (Å²) in [6, 6.07) is 9.55. The second-order valence-electron chi connectivity index (χ2n) is 4.67. The Labute approximate surface area is 112 Å². The van der Waals surface area contributed by atoms with E-state index in [1.807, 2.05) is 68.3 Å². The van der Waals surface area contributed by atoms with Gasteiger partial charge in [-0.25, -0.2) is 4.79 Å². The Morgan fingerprint density at radius 1 is 1.05 bits per heavy atom. The van der Waals surface area contributed by atoms with Crippen molar-refractivity contribution in [2.24, 2.45) is 5.16 Å². The maximum Gasteiger partial charge on any atom is 0.371 e. The average Bonchev–Trinajstić information content (AvgIpc) is 2.72. The van der Waals surface area contributed by atoms with E-state index in [0.29, 0.717) is 11.3 Å². The van der Waals surface area contributed by atoms with Crippen molar-refractivity contribution >= 4 is 11.7 Å². The smallest absolute Gasteiger partial charge is 0.364 e. The lowest BCUT2D eigenvalue weighted by Gasteiger charge is -2.26. The molecule has 0 radical (unpaired) electrons. The highest BCUT2D eigenvalue weighted by molar-refractivity contribution is 6.29. The fourth-order valence-corrected chi connectivity index (χ4v) is 2.11. The number of carbonyl (C=O) groups is 1. The summed E-state index contributed by atoms with van der Waals surface area (Å²) in [6.07, 6.45) is 0. The van der Waals surface area contributed by atoms with Gasteiger partial charge in [0.05, 0.1) is 0 Å². The summed E-state index contributed by atoms with van der Waals surface area (Å²) in [6.45, 7) is 0. The summed E-state index contributed by atoms with van der Waals surface area (Å²) in [5, 5.41) is 3.91. The molecule has 0 fully saturated rings. The minimum Gasteiger partial charge on any atom is -0.364 e. The van der Waals surface area contributed by atoms with Crippen molar-refractivity contribution in [3.8, 4) is 0 Å². The van der Waals surface area contributed by atoms with Crippen molar-refractivity contribution < 1.29 is 9.63 Å². The molecule has 1 heterocycles. The molecular weight excluding hydrogens is 242 g/mol. The van der Waals surface area contributed by atoms with Gasteiger partial charge in [-0.05, 0) is 0 Å². The molecule has 0 saturated heterocycles. The van der Waals surface area contributed by atoms with Gasteiger partial charge >= 0.3 is 5.97 Å². The van der Waals surface area contributed by atoms with Crippen LogP contribution in [0.1, 0.15) is 5.56 Å². The van der Waals surface area contributed by atoms with Crippen LogP contribution in [0.5, 0.6) is 0 Å². The number of nitrogens with zero attached hydrogens (tertiary/aromatic N) is 3. The molecule has 1 aliphatic rings. The molecule has 1 aromatic rings. The molecule has 0 amide bonds. The van der Waals surface area contributed by atoms with Crippen molar-refractivity contribution in [3.05, 3.63) is 47.3 Å². The number of oxime groups is 1. The molecule has 1 aliphatic heterocycles. The van der Waals surface area contributed by atoms with Crippen LogP contribution in [0, 0.1) is 0 Å². The van der Waals surface area contributed by atoms with E-state index in [2.05, 4.69) is 5.16 Å². The second-order valence-corrected chi connectivity index (χ2v) is 4.67. The van der Waals surface area contributed by atoms with Crippen molar-refractivity contribution in [1.82, 2.24) is 9.80 Å². The van der Waals surface area contributed by atoms with Gasteiger partial charge in [-0.1, -0.05) is 35.5 Å². The molecule has 0 saturated carbocycles. The monoisotopic (exact) mass is 259 g/mol. The Balaban J connectivity index is 2.57. The lowest BCUT2D eigenvalue weighted by molar-refractivity contribution is -0.137. The first-order valence-electron chi connectivity index (χ1n) is 5.96. The van der Waals surface area contributed by atoms with E-state index in [0.717, 1.165) is 11.4 Å². The van der Waals surface area contributed by atoms with Crippen LogP contribution in [-0.4, -0.2) is 49.7 Å². The highest BCUT2D eigenvalue weighted by Crippen LogP contribution is 2.23. The summed E-state index contributed by atoms with van der Waals surface area (Å²) >= 11 is 0. The largest absolute Gasteiger partial charge is 0.371 e. The fraction of sp³-hybridized carbons (Fsp3) is 0.286. The number of hydrogen-bond donors (Lipinski definition) is 0. The van der Waals surface area contributed by atoms with Crippen LogP contribution in [0.15, 0.2) is 46.9 Å². The molecule has 5 heteroatoms. The summed E-state index contributed by atoms with van der Waals surface area (Å²) in [7, 11) is 7.54. The molecule has 0 aromatic heterocycles. The molecule has 1 aromatic carbocycles. The van der Waals surface area contributed by atoms with Crippen LogP contribution in [0.2, 0.25) is 0 Å². The van der Waals surface area contributed by atoms with Gasteiger partial charge in [-0.3, -0.25) is 0 Å². The Morgan fingerprint density at radius 2 is 1.63 bits per heavy atom. The van der Waals surface area contributed by atoms with Gasteiger partial charge in [0.25, 0.3) is 0 Å². The zero-order valence-corrected chi connectivity index (χ0v) is 11.5. The third-order valence-corrected chi connectivity index (χ3v) is 2.78. The normalized spacial score (nSPS) is 14.0. The van der Waals surface area contributed by atoms with Crippen LogP contribution in [0.25, 0.3) is 0 Å². The quantitative estimate of drug-likeness (QED) is 0.606. The molecule has 100 valence electrons. The second kappa shape index (κ2) is 5.14. The SMILES string of the molecule is CN(C)C(=C1C(=O)ON=C1c1ccccc1)N(C)C. The molecule has 0 bridgehead atoms. The van der Waals surface area contributed by atoms with Gasteiger partial charge in [0.15, 0.2) is 0 Å². The van der Waals surface area contributed by atoms with E-state index in [9.17, 15) is 4.79 Å². The van der Waals surface area contributed by atoms with Crippen molar-refractivity contribution in [2.75, 3.05) is 28.2 Å². The van der Waals surface area contributed by atoms with Crippen LogP contribution < -0.4 is 0 Å². The molecule has 2 rings (SSSR count). The van der Waals surface area contributed by atoms with E-state index in [1.165, 1.54) is 0 Å². The molecule has 0 unspecified atom stereocenters. The average molecular weight is 259 g/mol. The van der Waals surface area contributed by atoms with E-state index in [4.69, 9.17) is 4.84 Å². The summed E-state index contributed by atoms with van der Waals surface area (Å²) in [4.78, 5) is 20.6. The molecule has 0 spiro atoms. The Morgan fingerprint density at radius 3 is 2.16 bits per heavy atom. The first-order chi connectivity index (χ1) is 9.02. The Bertz CT molecular complexity index is 535. The predicted molar refractivity (Wildman–Crippen MR) is 73.5 cm³/mol. The number of carbonyl (C=O) groups excluding carboxylic acids is 1. The molecule has 0 atom stereocenters. The molecule has 0 aliphatic carbocycles. The van der Waals surface area contributed by atoms with E-state index in [-0.39, 0.29) is 0 Å². The first-order valence-corrected chi connectivity index (χ1v) is 5.96. The maximum absolute atomic E-state index is 12.0. The summed E-state index contributed by atoms with van der Waals surface area (Å²) in [5.41, 5.74) is 1.92. The van der Waals surface area contributed by atoms with Crippen LogP contribution in [-0.2, 0) is 9.63 Å². The number of rotatable bonds is 3. The van der Waals surface area contributed by atoms with E-state index < -0.39 is 5.97 Å². The highest BCUT2D eigenvalue weighted by atomic mass is 16.7. The van der Waals surface area contributed by atoms with Crippen molar-refractivity contribution in [2.45, 2.75) is 0 Å². The number of benzene rings is 1. The third kappa shape index (κ3) is 2.45. The summed E-state index contributed by atoms with van der Waals surface area (Å²) < 4.78 is 0. The van der Waals surface area contributed by atoms with E-state index >= 15 is 0 Å². The number of hydrogen-bond acceptors (Lipinski definition) is 5. The van der Waals surface area contributed by atoms with Gasteiger partial charge in [0.2, 0.25) is 0 Å². The lowest BCUT2D eigenvalue weighted by Crippen LogP contribution is -2.30. The Kier molecular flexibility index (Phi) is 3.55. The van der Waals surface area contributed by atoms with Gasteiger partial charge in [0, 0.05) is 33.8 Å². The zero-order valence-electron chi connectivity index (χ0n) is 11.5. The van der Waals surface area contributed by atoms with Gasteiger partial charge < -0.3 is 14.6 Å². The minimum absolute atomic E-state index is 0.420. The topological polar surface area (TPSA) is 45.1 Å². The van der Waals surface area contributed by atoms with Gasteiger partial charge in [0.1, 0.15) is 17.1 Å². The molecule has 19 heavy (non-hydrogen) atoms. The molecule has 5 nitrogen and oxygen atoms in total. The minimum atomic E-state index is -0.420. The van der Waals surface area contributed by atoms with Gasteiger partial charge in [-0.2, -0.15) is 0 Å². The molecular formula is C14H17N3O2. The van der Waals surface area contributed by atoms with E-state index in [1.54, 1.807) is 0 Å². The Hall–Kier alpha value is -2.30. The predicted octanol–water partition coefficient (Wildman–Crippen LogP) is 1.28. The first kappa shape index (κ1) is 13.1. The maximum atomic E-state index is 12.0. The molecule has 0 N–H and O–H groups in total.